The molecular weight excluding hydrogens is 214 g/mol. The molecule has 3 heteroatoms. The van der Waals surface area contributed by atoms with Crippen molar-refractivity contribution in [1.82, 2.24) is 0 Å². The quantitative estimate of drug-likeness (QED) is 0.782. The van der Waals surface area contributed by atoms with Gasteiger partial charge in [-0.2, -0.15) is 0 Å². The normalized spacial score (nSPS) is 18.6. The first-order chi connectivity index (χ1) is 8.33. The number of anilines is 1. The third-order valence-electron chi connectivity index (χ3n) is 3.79. The van der Waals surface area contributed by atoms with Gasteiger partial charge >= 0.3 is 0 Å². The number of aliphatic hydroxyl groups excluding tert-OH is 1. The van der Waals surface area contributed by atoms with E-state index >= 15 is 0 Å². The van der Waals surface area contributed by atoms with E-state index in [4.69, 9.17) is 0 Å². The standard InChI is InChI=1S/C14H11NO2/c16-7-15-11-6-5-9-8-3-1-2-4-10(8)13(15)12(9)14(11)17/h1-6,13,16-17H,7H2. The number of hydrogen-bond acceptors (Lipinski definition) is 3. The zero-order valence-corrected chi connectivity index (χ0v) is 9.09. The molecule has 2 bridgehead atoms. The third kappa shape index (κ3) is 0.875. The van der Waals surface area contributed by atoms with Gasteiger partial charge in [0, 0.05) is 5.56 Å². The van der Waals surface area contributed by atoms with E-state index in [1.165, 1.54) is 0 Å². The van der Waals surface area contributed by atoms with Gasteiger partial charge in [0.2, 0.25) is 0 Å². The lowest BCUT2D eigenvalue weighted by Crippen LogP contribution is -2.25. The van der Waals surface area contributed by atoms with E-state index in [-0.39, 0.29) is 12.8 Å². The van der Waals surface area contributed by atoms with Crippen LogP contribution in [0.15, 0.2) is 36.4 Å². The van der Waals surface area contributed by atoms with Crippen LogP contribution in [0.5, 0.6) is 5.75 Å². The van der Waals surface area contributed by atoms with Gasteiger partial charge in [0.25, 0.3) is 0 Å². The van der Waals surface area contributed by atoms with Crippen LogP contribution in [0.25, 0.3) is 11.1 Å². The van der Waals surface area contributed by atoms with Crippen LogP contribution in [0, 0.1) is 0 Å². The molecule has 0 fully saturated rings. The Morgan fingerprint density at radius 2 is 1.88 bits per heavy atom. The average molecular weight is 225 g/mol. The molecule has 2 aromatic carbocycles. The van der Waals surface area contributed by atoms with Crippen molar-refractivity contribution in [2.24, 2.45) is 0 Å². The topological polar surface area (TPSA) is 43.7 Å². The fourth-order valence-electron chi connectivity index (χ4n) is 3.10. The summed E-state index contributed by atoms with van der Waals surface area (Å²) in [7, 11) is 0. The Balaban J connectivity index is 2.11. The first-order valence-corrected chi connectivity index (χ1v) is 5.65. The van der Waals surface area contributed by atoms with Crippen LogP contribution in [0.1, 0.15) is 17.2 Å². The largest absolute Gasteiger partial charge is 0.505 e. The number of aliphatic hydroxyl groups is 1. The van der Waals surface area contributed by atoms with Gasteiger partial charge < -0.3 is 15.1 Å². The van der Waals surface area contributed by atoms with E-state index in [0.29, 0.717) is 5.75 Å². The first-order valence-electron chi connectivity index (χ1n) is 5.65. The van der Waals surface area contributed by atoms with Gasteiger partial charge in [-0.1, -0.05) is 30.3 Å². The number of phenolic OH excluding ortho intramolecular Hbond substituents is 1. The summed E-state index contributed by atoms with van der Waals surface area (Å²) in [6.07, 6.45) is 0. The number of aromatic hydroxyl groups is 1. The second-order valence-electron chi connectivity index (χ2n) is 4.50. The number of rotatable bonds is 1. The Bertz CT molecular complexity index is 636. The minimum atomic E-state index is -0.0838. The number of phenols is 1. The Morgan fingerprint density at radius 3 is 2.71 bits per heavy atom. The van der Waals surface area contributed by atoms with Crippen molar-refractivity contribution in [3.8, 4) is 16.9 Å². The van der Waals surface area contributed by atoms with Gasteiger partial charge in [-0.15, -0.1) is 0 Å². The Morgan fingerprint density at radius 1 is 1.06 bits per heavy atom. The van der Waals surface area contributed by atoms with Crippen molar-refractivity contribution in [3.63, 3.8) is 0 Å². The van der Waals surface area contributed by atoms with Gasteiger partial charge in [-0.25, -0.2) is 0 Å². The fourth-order valence-corrected chi connectivity index (χ4v) is 3.10. The average Bonchev–Trinajstić information content (AvgIpc) is 2.75. The van der Waals surface area contributed by atoms with Crippen LogP contribution in [-0.4, -0.2) is 16.9 Å². The van der Waals surface area contributed by atoms with E-state index in [1.54, 1.807) is 0 Å². The second-order valence-corrected chi connectivity index (χ2v) is 4.50. The smallest absolute Gasteiger partial charge is 0.145 e. The molecule has 1 aliphatic carbocycles. The fraction of sp³-hybridized carbons (Fsp3) is 0.143. The van der Waals surface area contributed by atoms with Crippen molar-refractivity contribution in [1.29, 1.82) is 0 Å². The lowest BCUT2D eigenvalue weighted by molar-refractivity contribution is 0.285. The summed E-state index contributed by atoms with van der Waals surface area (Å²) in [5.41, 5.74) is 5.08. The molecule has 2 aliphatic rings. The molecule has 0 aromatic heterocycles. The summed E-state index contributed by atoms with van der Waals surface area (Å²) in [4.78, 5) is 1.83. The summed E-state index contributed by atoms with van der Waals surface area (Å²) in [5.74, 6) is 0.317. The molecule has 0 radical (unpaired) electrons. The molecule has 4 rings (SSSR count). The highest BCUT2D eigenvalue weighted by Gasteiger charge is 2.42. The van der Waals surface area contributed by atoms with Crippen molar-refractivity contribution in [3.05, 3.63) is 47.5 Å². The van der Waals surface area contributed by atoms with Crippen LogP contribution in [-0.2, 0) is 0 Å². The van der Waals surface area contributed by atoms with Gasteiger partial charge in [0.05, 0.1) is 11.7 Å². The molecule has 1 heterocycles. The van der Waals surface area contributed by atoms with Crippen molar-refractivity contribution in [2.45, 2.75) is 6.04 Å². The van der Waals surface area contributed by atoms with Crippen LogP contribution in [0.3, 0.4) is 0 Å². The summed E-state index contributed by atoms with van der Waals surface area (Å²) < 4.78 is 0. The molecule has 84 valence electrons. The highest BCUT2D eigenvalue weighted by atomic mass is 16.3. The molecule has 0 spiro atoms. The van der Waals surface area contributed by atoms with Crippen LogP contribution in [0.4, 0.5) is 5.69 Å². The molecular formula is C14H11NO2. The number of benzene rings is 2. The summed E-state index contributed by atoms with van der Waals surface area (Å²) in [6.45, 7) is -0.0838. The Hall–Kier alpha value is -2.00. The molecule has 1 atom stereocenters. The van der Waals surface area contributed by atoms with Crippen molar-refractivity contribution >= 4 is 5.69 Å². The lowest BCUT2D eigenvalue weighted by atomic mass is 10.0. The van der Waals surface area contributed by atoms with Gasteiger partial charge in [-0.3, -0.25) is 0 Å². The highest BCUT2D eigenvalue weighted by molar-refractivity contribution is 5.90. The van der Waals surface area contributed by atoms with Crippen LogP contribution < -0.4 is 4.90 Å². The predicted molar refractivity (Wildman–Crippen MR) is 65.0 cm³/mol. The maximum absolute atomic E-state index is 10.2. The minimum absolute atomic E-state index is 0.0174. The molecule has 17 heavy (non-hydrogen) atoms. The zero-order chi connectivity index (χ0) is 11.6. The van der Waals surface area contributed by atoms with E-state index < -0.39 is 0 Å². The first kappa shape index (κ1) is 9.07. The van der Waals surface area contributed by atoms with Crippen LogP contribution >= 0.6 is 0 Å². The van der Waals surface area contributed by atoms with E-state index in [0.717, 1.165) is 27.9 Å². The summed E-state index contributed by atoms with van der Waals surface area (Å²) >= 11 is 0. The maximum Gasteiger partial charge on any atom is 0.145 e. The van der Waals surface area contributed by atoms with Crippen molar-refractivity contribution in [2.75, 3.05) is 11.6 Å². The minimum Gasteiger partial charge on any atom is -0.505 e. The number of fused-ring (bicyclic) bond motifs is 4. The van der Waals surface area contributed by atoms with E-state index in [9.17, 15) is 10.2 Å². The third-order valence-corrected chi connectivity index (χ3v) is 3.79. The highest BCUT2D eigenvalue weighted by Crippen LogP contribution is 2.58. The monoisotopic (exact) mass is 225 g/mol. The Labute approximate surface area is 98.6 Å². The van der Waals surface area contributed by atoms with Crippen molar-refractivity contribution < 1.29 is 10.2 Å². The lowest BCUT2D eigenvalue weighted by Gasteiger charge is -2.24. The summed E-state index contributed by atoms with van der Waals surface area (Å²) in [6, 6.07) is 12.0. The number of hydrogen-bond donors (Lipinski definition) is 2. The Kier molecular flexibility index (Phi) is 1.50. The summed E-state index contributed by atoms with van der Waals surface area (Å²) in [5, 5.41) is 19.7. The molecule has 0 amide bonds. The second kappa shape index (κ2) is 2.81. The van der Waals surface area contributed by atoms with E-state index in [2.05, 4.69) is 12.1 Å². The maximum atomic E-state index is 10.2. The molecule has 1 aliphatic heterocycles. The molecule has 0 saturated heterocycles. The van der Waals surface area contributed by atoms with Gasteiger partial charge in [0.15, 0.2) is 0 Å². The predicted octanol–water partition coefficient (Wildman–Crippen LogP) is 2.23. The SMILES string of the molecule is OCN1c2ccc3c(c2O)C1c1ccccc1-3. The van der Waals surface area contributed by atoms with Gasteiger partial charge in [-0.05, 0) is 22.8 Å². The number of nitrogens with zero attached hydrogens (tertiary/aromatic N) is 1. The van der Waals surface area contributed by atoms with Gasteiger partial charge in [0.1, 0.15) is 12.5 Å². The van der Waals surface area contributed by atoms with Crippen LogP contribution in [0.2, 0.25) is 0 Å². The molecule has 2 N–H and O–H groups in total. The molecule has 1 unspecified atom stereocenters. The zero-order valence-electron chi connectivity index (χ0n) is 9.09. The molecule has 2 aromatic rings. The molecule has 0 saturated carbocycles. The van der Waals surface area contributed by atoms with E-state index in [1.807, 2.05) is 29.2 Å². The molecule has 3 nitrogen and oxygen atoms in total.